The second kappa shape index (κ2) is 18.0. The molecule has 0 radical (unpaired) electrons. The highest BCUT2D eigenvalue weighted by molar-refractivity contribution is 7.78. The molecule has 0 aliphatic carbocycles. The summed E-state index contributed by atoms with van der Waals surface area (Å²) in [5.41, 5.74) is 4.06. The van der Waals surface area contributed by atoms with E-state index in [1.54, 1.807) is 15.5 Å². The Morgan fingerprint density at radius 2 is 0.778 bits per heavy atom. The molecule has 3 nitrogen and oxygen atoms in total. The number of hydrogen-bond acceptors (Lipinski definition) is 6. The van der Waals surface area contributed by atoms with Gasteiger partial charge in [0.2, 0.25) is 0 Å². The van der Waals surface area contributed by atoms with E-state index < -0.39 is 0 Å². The Labute approximate surface area is 124 Å². The molecule has 96 valence electrons. The quantitative estimate of drug-likeness (QED) is 0.483. The van der Waals surface area contributed by atoms with Crippen LogP contribution in [0.5, 0.6) is 0 Å². The SMILES string of the molecule is Cc1cc(C)cc(C)c1.N=C=S.N=C=S.N=C=S. The van der Waals surface area contributed by atoms with E-state index in [9.17, 15) is 0 Å². The highest BCUT2D eigenvalue weighted by Crippen LogP contribution is 2.06. The molecule has 0 saturated carbocycles. The summed E-state index contributed by atoms with van der Waals surface area (Å²) >= 11 is 11.4. The molecule has 0 atom stereocenters. The average molecular weight is 297 g/mol. The van der Waals surface area contributed by atoms with Gasteiger partial charge in [0.05, 0.1) is 15.5 Å². The van der Waals surface area contributed by atoms with E-state index in [1.807, 2.05) is 0 Å². The largest absolute Gasteiger partial charge is 0.248 e. The Morgan fingerprint density at radius 1 is 0.667 bits per heavy atom. The zero-order valence-corrected chi connectivity index (χ0v) is 12.9. The van der Waals surface area contributed by atoms with Crippen molar-refractivity contribution in [1.29, 1.82) is 16.2 Å². The third kappa shape index (κ3) is 24.0. The van der Waals surface area contributed by atoms with Crippen LogP contribution in [0.25, 0.3) is 0 Å². The molecule has 0 aromatic heterocycles. The molecule has 1 rings (SSSR count). The predicted molar refractivity (Wildman–Crippen MR) is 86.6 cm³/mol. The number of hydrogen-bond donors (Lipinski definition) is 3. The second-order valence-electron chi connectivity index (χ2n) is 2.97. The molecule has 0 spiro atoms. The first-order valence-electron chi connectivity index (χ1n) is 4.59. The van der Waals surface area contributed by atoms with Crippen LogP contribution in [-0.4, -0.2) is 15.5 Å². The van der Waals surface area contributed by atoms with Crippen LogP contribution in [0.1, 0.15) is 16.7 Å². The highest BCUT2D eigenvalue weighted by Gasteiger charge is 1.87. The standard InChI is InChI=1S/C9H12.3CHNS/c1-7-4-8(2)6-9(3)5-7;3*2-1-3/h4-6H,1-3H3;3*2H. The Kier molecular flexibility index (Phi) is 21.9. The van der Waals surface area contributed by atoms with Crippen molar-refractivity contribution in [3.8, 4) is 0 Å². The van der Waals surface area contributed by atoms with Crippen LogP contribution in [0.4, 0.5) is 0 Å². The van der Waals surface area contributed by atoms with Gasteiger partial charge in [0.25, 0.3) is 0 Å². The number of nitrogens with one attached hydrogen (secondary N) is 3. The lowest BCUT2D eigenvalue weighted by Crippen LogP contribution is -1.78. The molecule has 0 amide bonds. The van der Waals surface area contributed by atoms with Crippen LogP contribution in [0.15, 0.2) is 18.2 Å². The predicted octanol–water partition coefficient (Wildman–Crippen LogP) is 4.62. The summed E-state index contributed by atoms with van der Waals surface area (Å²) in [6.07, 6.45) is 0. The Hall–Kier alpha value is -1.38. The van der Waals surface area contributed by atoms with Crippen LogP contribution in [0.3, 0.4) is 0 Å². The van der Waals surface area contributed by atoms with Crippen molar-refractivity contribution in [1.82, 2.24) is 0 Å². The van der Waals surface area contributed by atoms with Gasteiger partial charge >= 0.3 is 0 Å². The lowest BCUT2D eigenvalue weighted by molar-refractivity contribution is 1.32. The minimum absolute atomic E-state index is 1.35. The third-order valence-electron chi connectivity index (χ3n) is 1.37. The minimum Gasteiger partial charge on any atom is -0.248 e. The fraction of sp³-hybridized carbons (Fsp3) is 0.250. The molecule has 18 heavy (non-hydrogen) atoms. The number of benzene rings is 1. The van der Waals surface area contributed by atoms with E-state index in [2.05, 4.69) is 75.6 Å². The Bertz CT molecular complexity index is 359. The summed E-state index contributed by atoms with van der Waals surface area (Å²) in [5, 5.41) is 22.1. The lowest BCUT2D eigenvalue weighted by Gasteiger charge is -1.96. The van der Waals surface area contributed by atoms with E-state index in [0.29, 0.717) is 0 Å². The third-order valence-corrected chi connectivity index (χ3v) is 1.37. The van der Waals surface area contributed by atoms with Crippen molar-refractivity contribution in [2.24, 2.45) is 0 Å². The van der Waals surface area contributed by atoms with Gasteiger partial charge < -0.3 is 0 Å². The molecule has 0 bridgehead atoms. The molecule has 6 heteroatoms. The minimum atomic E-state index is 1.35. The molecule has 0 unspecified atom stereocenters. The van der Waals surface area contributed by atoms with E-state index in [1.165, 1.54) is 16.7 Å². The summed E-state index contributed by atoms with van der Waals surface area (Å²) in [4.78, 5) is 0. The maximum absolute atomic E-state index is 5.77. The first-order chi connectivity index (χ1) is 8.42. The number of rotatable bonds is 0. The monoisotopic (exact) mass is 297 g/mol. The van der Waals surface area contributed by atoms with Crippen LogP contribution in [0, 0.1) is 37.0 Å². The smallest absolute Gasteiger partial charge is 0.0554 e. The summed E-state index contributed by atoms with van der Waals surface area (Å²) in [6.45, 7) is 6.38. The molecule has 0 aliphatic rings. The maximum atomic E-state index is 5.77. The van der Waals surface area contributed by atoms with Crippen LogP contribution in [0.2, 0.25) is 0 Å². The fourth-order valence-electron chi connectivity index (χ4n) is 1.20. The van der Waals surface area contributed by atoms with E-state index >= 15 is 0 Å². The normalized spacial score (nSPS) is 6.17. The molecular weight excluding hydrogens is 282 g/mol. The van der Waals surface area contributed by atoms with Gasteiger partial charge in [0.1, 0.15) is 0 Å². The van der Waals surface area contributed by atoms with Gasteiger partial charge in [-0.25, -0.2) is 16.2 Å². The Morgan fingerprint density at radius 3 is 0.889 bits per heavy atom. The van der Waals surface area contributed by atoms with Crippen molar-refractivity contribution < 1.29 is 0 Å². The summed E-state index contributed by atoms with van der Waals surface area (Å²) < 4.78 is 0. The molecule has 0 fully saturated rings. The van der Waals surface area contributed by atoms with Crippen LogP contribution in [-0.2, 0) is 0 Å². The van der Waals surface area contributed by atoms with Crippen molar-refractivity contribution in [2.45, 2.75) is 20.8 Å². The fourth-order valence-corrected chi connectivity index (χ4v) is 1.20. The molecule has 0 aliphatic heterocycles. The van der Waals surface area contributed by atoms with Gasteiger partial charge in [-0.15, -0.1) is 0 Å². The molecule has 1 aromatic carbocycles. The zero-order chi connectivity index (χ0) is 15.0. The number of thiocarbonyl (C=S) groups is 3. The van der Waals surface area contributed by atoms with Crippen molar-refractivity contribution >= 4 is 52.1 Å². The van der Waals surface area contributed by atoms with Gasteiger partial charge in [-0.05, 0) is 57.4 Å². The topological polar surface area (TPSA) is 71.6 Å². The van der Waals surface area contributed by atoms with E-state index in [4.69, 9.17) is 16.2 Å². The summed E-state index contributed by atoms with van der Waals surface area (Å²) in [6, 6.07) is 6.56. The second-order valence-corrected chi connectivity index (χ2v) is 3.58. The van der Waals surface area contributed by atoms with Gasteiger partial charge in [-0.3, -0.25) is 0 Å². The molecule has 0 heterocycles. The van der Waals surface area contributed by atoms with Gasteiger partial charge in [0, 0.05) is 0 Å². The Balaban J connectivity index is -0.000000210. The number of aryl methyl sites for hydroxylation is 3. The zero-order valence-electron chi connectivity index (χ0n) is 10.5. The molecular formula is C12H15N3S3. The summed E-state index contributed by atoms with van der Waals surface area (Å²) in [7, 11) is 0. The first kappa shape index (κ1) is 21.9. The van der Waals surface area contributed by atoms with E-state index in [-0.39, 0.29) is 0 Å². The van der Waals surface area contributed by atoms with Crippen molar-refractivity contribution in [2.75, 3.05) is 0 Å². The summed E-state index contributed by atoms with van der Waals surface area (Å²) in [5.74, 6) is 0. The number of isothiocyanates is 3. The maximum Gasteiger partial charge on any atom is 0.0554 e. The van der Waals surface area contributed by atoms with Crippen molar-refractivity contribution in [3.63, 3.8) is 0 Å². The van der Waals surface area contributed by atoms with Crippen molar-refractivity contribution in [3.05, 3.63) is 34.9 Å². The van der Waals surface area contributed by atoms with Crippen LogP contribution < -0.4 is 0 Å². The molecule has 0 saturated heterocycles. The first-order valence-corrected chi connectivity index (χ1v) is 5.82. The lowest BCUT2D eigenvalue weighted by atomic mass is 10.1. The molecule has 1 aromatic rings. The average Bonchev–Trinajstić information content (AvgIpc) is 2.18. The van der Waals surface area contributed by atoms with Gasteiger partial charge in [-0.2, -0.15) is 0 Å². The van der Waals surface area contributed by atoms with Crippen LogP contribution >= 0.6 is 36.7 Å². The molecule has 3 N–H and O–H groups in total. The van der Waals surface area contributed by atoms with Gasteiger partial charge in [-0.1, -0.05) is 34.9 Å². The van der Waals surface area contributed by atoms with E-state index in [0.717, 1.165) is 0 Å². The highest BCUT2D eigenvalue weighted by atomic mass is 32.1. The van der Waals surface area contributed by atoms with Gasteiger partial charge in [0.15, 0.2) is 0 Å².